The number of amides is 1. The summed E-state index contributed by atoms with van der Waals surface area (Å²) in [6.45, 7) is -0.0829. The smallest absolute Gasteiger partial charge is 0.240 e. The van der Waals surface area contributed by atoms with Crippen LogP contribution >= 0.6 is 11.6 Å². The molecular weight excluding hydrogens is 391 g/mol. The number of hydrogen-bond donors (Lipinski definition) is 2. The number of carbonyl (C=O) groups is 1. The summed E-state index contributed by atoms with van der Waals surface area (Å²) in [6, 6.07) is 9.07. The van der Waals surface area contributed by atoms with Gasteiger partial charge in [0.1, 0.15) is 5.82 Å². The van der Waals surface area contributed by atoms with E-state index in [9.17, 15) is 17.6 Å². The molecule has 0 bridgehead atoms. The number of benzene rings is 2. The van der Waals surface area contributed by atoms with Gasteiger partial charge in [-0.1, -0.05) is 17.7 Å². The minimum Gasteiger partial charge on any atom is -0.324 e. The Morgan fingerprint density at radius 2 is 1.81 bits per heavy atom. The van der Waals surface area contributed by atoms with Crippen molar-refractivity contribution in [2.45, 2.75) is 37.0 Å². The summed E-state index contributed by atoms with van der Waals surface area (Å²) in [5, 5.41) is 2.62. The summed E-state index contributed by atoms with van der Waals surface area (Å²) < 4.78 is 41.0. The molecule has 8 heteroatoms. The molecule has 0 heterocycles. The molecule has 2 aromatic rings. The van der Waals surface area contributed by atoms with Crippen LogP contribution in [0, 0.1) is 5.82 Å². The number of aryl methyl sites for hydroxylation is 2. The molecule has 0 aromatic heterocycles. The Kier molecular flexibility index (Phi) is 6.14. The van der Waals surface area contributed by atoms with Crippen molar-refractivity contribution >= 4 is 33.2 Å². The van der Waals surface area contributed by atoms with Gasteiger partial charge in [0.2, 0.25) is 15.9 Å². The molecule has 1 aliphatic rings. The molecule has 27 heavy (non-hydrogen) atoms. The van der Waals surface area contributed by atoms with Gasteiger partial charge in [-0.15, -0.1) is 0 Å². The fourth-order valence-corrected chi connectivity index (χ4v) is 4.30. The summed E-state index contributed by atoms with van der Waals surface area (Å²) >= 11 is 5.66. The molecule has 0 atom stereocenters. The first kappa shape index (κ1) is 19.8. The second-order valence-corrected chi connectivity index (χ2v) is 8.66. The van der Waals surface area contributed by atoms with Gasteiger partial charge in [-0.05, 0) is 67.1 Å². The number of anilines is 1. The molecule has 0 aliphatic heterocycles. The summed E-state index contributed by atoms with van der Waals surface area (Å²) in [5.74, 6) is -1.14. The lowest BCUT2D eigenvalue weighted by atomic mass is 9.92. The second kappa shape index (κ2) is 8.37. The standard InChI is InChI=1S/C19H20ClFN2O3S/c20-15-6-8-18(17(21)12-15)23-19(24)9-10-22-27(25,26)16-7-5-13-3-1-2-4-14(13)11-16/h5-8,11-12,22H,1-4,9-10H2,(H,23,24). The SMILES string of the molecule is O=C(CCNS(=O)(=O)c1ccc2c(c1)CCCC2)Nc1ccc(Cl)cc1F. The van der Waals surface area contributed by atoms with E-state index in [-0.39, 0.29) is 28.6 Å². The van der Waals surface area contributed by atoms with E-state index >= 15 is 0 Å². The van der Waals surface area contributed by atoms with Crippen molar-refractivity contribution in [2.24, 2.45) is 0 Å². The third kappa shape index (κ3) is 5.06. The topological polar surface area (TPSA) is 75.3 Å². The lowest BCUT2D eigenvalue weighted by Crippen LogP contribution is -2.28. The first-order valence-electron chi connectivity index (χ1n) is 8.71. The average Bonchev–Trinajstić information content (AvgIpc) is 2.63. The van der Waals surface area contributed by atoms with E-state index in [4.69, 9.17) is 11.6 Å². The third-order valence-corrected chi connectivity index (χ3v) is 6.17. The molecule has 0 unspecified atom stereocenters. The first-order chi connectivity index (χ1) is 12.8. The highest BCUT2D eigenvalue weighted by Crippen LogP contribution is 2.24. The highest BCUT2D eigenvalue weighted by atomic mass is 35.5. The minimum absolute atomic E-state index is 0.00180. The van der Waals surface area contributed by atoms with Crippen LogP contribution < -0.4 is 10.0 Å². The highest BCUT2D eigenvalue weighted by Gasteiger charge is 2.18. The second-order valence-electron chi connectivity index (χ2n) is 6.46. The van der Waals surface area contributed by atoms with Crippen LogP contribution in [0.3, 0.4) is 0 Å². The monoisotopic (exact) mass is 410 g/mol. The van der Waals surface area contributed by atoms with Crippen LogP contribution in [0.4, 0.5) is 10.1 Å². The Hall–Kier alpha value is -1.96. The Labute approximate surface area is 163 Å². The van der Waals surface area contributed by atoms with E-state index < -0.39 is 21.7 Å². The Morgan fingerprint density at radius 3 is 2.56 bits per heavy atom. The van der Waals surface area contributed by atoms with Crippen LogP contribution in [0.1, 0.15) is 30.4 Å². The fourth-order valence-electron chi connectivity index (χ4n) is 3.06. The zero-order valence-electron chi connectivity index (χ0n) is 14.6. The zero-order chi connectivity index (χ0) is 19.4. The quantitative estimate of drug-likeness (QED) is 0.763. The molecule has 2 N–H and O–H groups in total. The molecular formula is C19H20ClFN2O3S. The van der Waals surface area contributed by atoms with Gasteiger partial charge in [-0.3, -0.25) is 4.79 Å². The van der Waals surface area contributed by atoms with E-state index in [1.54, 1.807) is 12.1 Å². The van der Waals surface area contributed by atoms with Crippen molar-refractivity contribution in [3.8, 4) is 0 Å². The first-order valence-corrected chi connectivity index (χ1v) is 10.6. The molecule has 0 spiro atoms. The predicted octanol–water partition coefficient (Wildman–Crippen LogP) is 3.67. The average molecular weight is 411 g/mol. The largest absolute Gasteiger partial charge is 0.324 e. The summed E-state index contributed by atoms with van der Waals surface area (Å²) in [4.78, 5) is 12.1. The van der Waals surface area contributed by atoms with E-state index in [0.29, 0.717) is 0 Å². The lowest BCUT2D eigenvalue weighted by Gasteiger charge is -2.16. The van der Waals surface area contributed by atoms with Crippen molar-refractivity contribution in [2.75, 3.05) is 11.9 Å². The Bertz CT molecular complexity index is 963. The van der Waals surface area contributed by atoms with Gasteiger partial charge in [-0.25, -0.2) is 17.5 Å². The van der Waals surface area contributed by atoms with Gasteiger partial charge in [0.25, 0.3) is 0 Å². The molecule has 0 fully saturated rings. The van der Waals surface area contributed by atoms with Crippen LogP contribution in [-0.4, -0.2) is 20.9 Å². The molecule has 144 valence electrons. The van der Waals surface area contributed by atoms with Crippen LogP contribution in [0.15, 0.2) is 41.3 Å². The fraction of sp³-hybridized carbons (Fsp3) is 0.316. The highest BCUT2D eigenvalue weighted by molar-refractivity contribution is 7.89. The van der Waals surface area contributed by atoms with Crippen LogP contribution in [0.5, 0.6) is 0 Å². The van der Waals surface area contributed by atoms with Gasteiger partial charge in [0.15, 0.2) is 0 Å². The van der Waals surface area contributed by atoms with Crippen molar-refractivity contribution < 1.29 is 17.6 Å². The van der Waals surface area contributed by atoms with E-state index in [1.807, 2.05) is 6.07 Å². The van der Waals surface area contributed by atoms with Gasteiger partial charge >= 0.3 is 0 Å². The molecule has 0 saturated carbocycles. The summed E-state index contributed by atoms with van der Waals surface area (Å²) in [7, 11) is -3.70. The molecule has 3 rings (SSSR count). The number of rotatable bonds is 6. The van der Waals surface area contributed by atoms with Gasteiger partial charge < -0.3 is 5.32 Å². The number of hydrogen-bond acceptors (Lipinski definition) is 3. The van der Waals surface area contributed by atoms with Gasteiger partial charge in [0.05, 0.1) is 10.6 Å². The molecule has 5 nitrogen and oxygen atoms in total. The number of fused-ring (bicyclic) bond motifs is 1. The van der Waals surface area contributed by atoms with E-state index in [2.05, 4.69) is 10.0 Å². The molecule has 0 saturated heterocycles. The number of carbonyl (C=O) groups excluding carboxylic acids is 1. The van der Waals surface area contributed by atoms with Crippen molar-refractivity contribution in [1.82, 2.24) is 4.72 Å². The van der Waals surface area contributed by atoms with Crippen molar-refractivity contribution in [3.63, 3.8) is 0 Å². The van der Waals surface area contributed by atoms with Crippen molar-refractivity contribution in [3.05, 3.63) is 58.4 Å². The maximum Gasteiger partial charge on any atom is 0.240 e. The van der Waals surface area contributed by atoms with Gasteiger partial charge in [-0.2, -0.15) is 0 Å². The Morgan fingerprint density at radius 1 is 1.07 bits per heavy atom. The molecule has 1 amide bonds. The van der Waals surface area contributed by atoms with Crippen LogP contribution in [-0.2, 0) is 27.7 Å². The van der Waals surface area contributed by atoms with Crippen molar-refractivity contribution in [1.29, 1.82) is 0 Å². The summed E-state index contributed by atoms with van der Waals surface area (Å²) in [5.41, 5.74) is 2.27. The number of nitrogens with one attached hydrogen (secondary N) is 2. The van der Waals surface area contributed by atoms with Crippen LogP contribution in [0.25, 0.3) is 0 Å². The lowest BCUT2D eigenvalue weighted by molar-refractivity contribution is -0.116. The molecule has 0 radical (unpaired) electrons. The maximum atomic E-state index is 13.7. The third-order valence-electron chi connectivity index (χ3n) is 4.48. The van der Waals surface area contributed by atoms with Gasteiger partial charge in [0, 0.05) is 18.0 Å². The van der Waals surface area contributed by atoms with E-state index in [0.717, 1.165) is 37.3 Å². The van der Waals surface area contributed by atoms with Crippen LogP contribution in [0.2, 0.25) is 5.02 Å². The zero-order valence-corrected chi connectivity index (χ0v) is 16.2. The predicted molar refractivity (Wildman–Crippen MR) is 103 cm³/mol. The maximum absolute atomic E-state index is 13.7. The number of sulfonamides is 1. The summed E-state index contributed by atoms with van der Waals surface area (Å²) in [6.07, 6.45) is 3.93. The van der Waals surface area contributed by atoms with E-state index in [1.165, 1.54) is 17.7 Å². The molecule has 1 aliphatic carbocycles. The minimum atomic E-state index is -3.70. The normalized spacial score (nSPS) is 13.9. The molecule has 2 aromatic carbocycles. The number of halogens is 2. The Balaban J connectivity index is 1.56.